The van der Waals surface area contributed by atoms with Gasteiger partial charge < -0.3 is 5.32 Å². The van der Waals surface area contributed by atoms with Crippen LogP contribution in [0.3, 0.4) is 0 Å². The number of benzene rings is 1. The summed E-state index contributed by atoms with van der Waals surface area (Å²) in [5.41, 5.74) is 4.32. The summed E-state index contributed by atoms with van der Waals surface area (Å²) >= 11 is 0. The molecule has 1 heterocycles. The third kappa shape index (κ3) is 2.30. The Morgan fingerprint density at radius 3 is 3.00 bits per heavy atom. The van der Waals surface area contributed by atoms with Crippen molar-refractivity contribution in [2.45, 2.75) is 44.3 Å². The molecule has 1 saturated carbocycles. The molecule has 0 bridgehead atoms. The van der Waals surface area contributed by atoms with Gasteiger partial charge in [-0.15, -0.1) is 0 Å². The summed E-state index contributed by atoms with van der Waals surface area (Å²) in [6, 6.07) is 9.52. The molecule has 2 aliphatic rings. The van der Waals surface area contributed by atoms with E-state index in [1.54, 1.807) is 0 Å². The number of fused-ring (bicyclic) bond motifs is 1. The first kappa shape index (κ1) is 11.2. The lowest BCUT2D eigenvalue weighted by Crippen LogP contribution is -2.22. The number of rotatable bonds is 5. The monoisotopic (exact) mass is 253 g/mol. The largest absolute Gasteiger partial charge is 0.310 e. The molecule has 3 heteroatoms. The third-order valence-electron chi connectivity index (χ3n) is 4.23. The second kappa shape index (κ2) is 4.49. The van der Waals surface area contributed by atoms with Gasteiger partial charge in [0.25, 0.3) is 0 Å². The number of aromatic nitrogens is 2. The fraction of sp³-hybridized carbons (Fsp3) is 0.438. The van der Waals surface area contributed by atoms with Crippen LogP contribution in [-0.4, -0.2) is 15.8 Å². The molecule has 0 saturated heterocycles. The van der Waals surface area contributed by atoms with Crippen molar-refractivity contribution in [2.75, 3.05) is 0 Å². The van der Waals surface area contributed by atoms with Crippen molar-refractivity contribution in [3.8, 4) is 0 Å². The van der Waals surface area contributed by atoms with Gasteiger partial charge in [-0.2, -0.15) is 5.10 Å². The van der Waals surface area contributed by atoms with Crippen LogP contribution >= 0.6 is 0 Å². The van der Waals surface area contributed by atoms with Gasteiger partial charge in [-0.25, -0.2) is 0 Å². The molecule has 0 spiro atoms. The van der Waals surface area contributed by atoms with Crippen molar-refractivity contribution in [1.29, 1.82) is 0 Å². The first-order valence-corrected chi connectivity index (χ1v) is 7.21. The topological polar surface area (TPSA) is 29.9 Å². The van der Waals surface area contributed by atoms with Crippen molar-refractivity contribution < 1.29 is 0 Å². The zero-order valence-electron chi connectivity index (χ0n) is 11.0. The molecule has 1 unspecified atom stereocenters. The molecular weight excluding hydrogens is 234 g/mol. The van der Waals surface area contributed by atoms with E-state index in [4.69, 9.17) is 0 Å². The predicted molar refractivity (Wildman–Crippen MR) is 75.0 cm³/mol. The highest BCUT2D eigenvalue weighted by Gasteiger charge is 2.26. The summed E-state index contributed by atoms with van der Waals surface area (Å²) in [5.74, 6) is 0.653. The van der Waals surface area contributed by atoms with Crippen molar-refractivity contribution >= 4 is 0 Å². The molecule has 1 aromatic heterocycles. The fourth-order valence-electron chi connectivity index (χ4n) is 2.90. The van der Waals surface area contributed by atoms with Gasteiger partial charge in [0.05, 0.1) is 6.20 Å². The zero-order chi connectivity index (χ0) is 12.7. The molecule has 98 valence electrons. The molecule has 19 heavy (non-hydrogen) atoms. The van der Waals surface area contributed by atoms with E-state index < -0.39 is 0 Å². The minimum atomic E-state index is 0.653. The Kier molecular flexibility index (Phi) is 2.66. The Labute approximate surface area is 113 Å². The SMILES string of the molecule is c1ccc2c(c1)CC2Cn1cc(CNC2CC2)cn1. The Morgan fingerprint density at radius 2 is 2.16 bits per heavy atom. The second-order valence-corrected chi connectivity index (χ2v) is 5.83. The van der Waals surface area contributed by atoms with Gasteiger partial charge in [-0.3, -0.25) is 4.68 Å². The summed E-state index contributed by atoms with van der Waals surface area (Å²) in [6.07, 6.45) is 8.07. The minimum Gasteiger partial charge on any atom is -0.310 e. The van der Waals surface area contributed by atoms with Gasteiger partial charge in [-0.1, -0.05) is 24.3 Å². The molecule has 1 fully saturated rings. The Hall–Kier alpha value is -1.61. The average Bonchev–Trinajstić information content (AvgIpc) is 3.13. The lowest BCUT2D eigenvalue weighted by molar-refractivity contribution is 0.474. The number of hydrogen-bond donors (Lipinski definition) is 1. The summed E-state index contributed by atoms with van der Waals surface area (Å²) < 4.78 is 2.10. The van der Waals surface area contributed by atoms with Crippen molar-refractivity contribution in [1.82, 2.24) is 15.1 Å². The molecule has 2 aromatic rings. The van der Waals surface area contributed by atoms with Gasteiger partial charge in [0.2, 0.25) is 0 Å². The third-order valence-corrected chi connectivity index (χ3v) is 4.23. The van der Waals surface area contributed by atoms with E-state index in [-0.39, 0.29) is 0 Å². The van der Waals surface area contributed by atoms with E-state index in [2.05, 4.69) is 45.6 Å². The van der Waals surface area contributed by atoms with E-state index in [0.717, 1.165) is 19.1 Å². The first-order chi connectivity index (χ1) is 9.38. The molecule has 4 rings (SSSR count). The Bertz CT molecular complexity index is 583. The number of hydrogen-bond acceptors (Lipinski definition) is 2. The molecule has 2 aliphatic carbocycles. The van der Waals surface area contributed by atoms with Crippen LogP contribution in [0, 0.1) is 0 Å². The highest BCUT2D eigenvalue weighted by molar-refractivity contribution is 5.39. The molecule has 0 amide bonds. The van der Waals surface area contributed by atoms with Crippen molar-refractivity contribution in [2.24, 2.45) is 0 Å². The molecule has 1 N–H and O–H groups in total. The van der Waals surface area contributed by atoms with Crippen LogP contribution in [0.4, 0.5) is 0 Å². The Balaban J connectivity index is 1.38. The minimum absolute atomic E-state index is 0.653. The van der Waals surface area contributed by atoms with E-state index in [9.17, 15) is 0 Å². The number of nitrogens with one attached hydrogen (secondary N) is 1. The highest BCUT2D eigenvalue weighted by atomic mass is 15.3. The summed E-state index contributed by atoms with van der Waals surface area (Å²) in [6.45, 7) is 1.98. The van der Waals surface area contributed by atoms with Crippen LogP contribution in [-0.2, 0) is 19.5 Å². The quantitative estimate of drug-likeness (QED) is 0.887. The van der Waals surface area contributed by atoms with Gasteiger partial charge in [0, 0.05) is 36.8 Å². The maximum Gasteiger partial charge on any atom is 0.0534 e. The fourth-order valence-corrected chi connectivity index (χ4v) is 2.90. The van der Waals surface area contributed by atoms with Crippen LogP contribution in [0.5, 0.6) is 0 Å². The van der Waals surface area contributed by atoms with Crippen LogP contribution in [0.1, 0.15) is 35.4 Å². The van der Waals surface area contributed by atoms with Crippen molar-refractivity contribution in [3.63, 3.8) is 0 Å². The second-order valence-electron chi connectivity index (χ2n) is 5.83. The lowest BCUT2D eigenvalue weighted by Gasteiger charge is -2.29. The van der Waals surface area contributed by atoms with Crippen LogP contribution < -0.4 is 5.32 Å². The summed E-state index contributed by atoms with van der Waals surface area (Å²) in [7, 11) is 0. The highest BCUT2D eigenvalue weighted by Crippen LogP contribution is 2.35. The molecular formula is C16H19N3. The molecule has 3 nitrogen and oxygen atoms in total. The maximum absolute atomic E-state index is 4.49. The molecule has 0 radical (unpaired) electrons. The van der Waals surface area contributed by atoms with Crippen LogP contribution in [0.15, 0.2) is 36.7 Å². The van der Waals surface area contributed by atoms with Crippen LogP contribution in [0.25, 0.3) is 0 Å². The predicted octanol–water partition coefficient (Wildman–Crippen LogP) is 2.48. The first-order valence-electron chi connectivity index (χ1n) is 7.21. The van der Waals surface area contributed by atoms with Crippen LogP contribution in [0.2, 0.25) is 0 Å². The number of nitrogens with zero attached hydrogens (tertiary/aromatic N) is 2. The Morgan fingerprint density at radius 1 is 1.26 bits per heavy atom. The molecule has 1 aromatic carbocycles. The van der Waals surface area contributed by atoms with Gasteiger partial charge in [0.15, 0.2) is 0 Å². The van der Waals surface area contributed by atoms with E-state index >= 15 is 0 Å². The zero-order valence-corrected chi connectivity index (χ0v) is 11.0. The average molecular weight is 253 g/mol. The van der Waals surface area contributed by atoms with E-state index in [0.29, 0.717) is 5.92 Å². The van der Waals surface area contributed by atoms with Gasteiger partial charge in [0.1, 0.15) is 0 Å². The normalized spacial score (nSPS) is 20.9. The summed E-state index contributed by atoms with van der Waals surface area (Å²) in [4.78, 5) is 0. The lowest BCUT2D eigenvalue weighted by atomic mass is 9.78. The molecule has 0 aliphatic heterocycles. The van der Waals surface area contributed by atoms with Gasteiger partial charge >= 0.3 is 0 Å². The molecule has 1 atom stereocenters. The standard InChI is InChI=1S/C16H19N3/c1-2-4-16-13(3-1)7-14(16)11-19-10-12(9-18-19)8-17-15-5-6-15/h1-4,9-10,14-15,17H,5-8,11H2. The summed E-state index contributed by atoms with van der Waals surface area (Å²) in [5, 5.41) is 8.02. The smallest absolute Gasteiger partial charge is 0.0534 e. The maximum atomic E-state index is 4.49. The van der Waals surface area contributed by atoms with E-state index in [1.807, 2.05) is 6.20 Å². The van der Waals surface area contributed by atoms with Gasteiger partial charge in [-0.05, 0) is 30.4 Å². The van der Waals surface area contributed by atoms with E-state index in [1.165, 1.54) is 36.0 Å². The van der Waals surface area contributed by atoms with Crippen molar-refractivity contribution in [3.05, 3.63) is 53.3 Å².